The van der Waals surface area contributed by atoms with Crippen LogP contribution in [0.25, 0.3) is 0 Å². The molecule has 0 saturated carbocycles. The lowest BCUT2D eigenvalue weighted by Crippen LogP contribution is -2.55. The summed E-state index contributed by atoms with van der Waals surface area (Å²) in [4.78, 5) is 13.7. The van der Waals surface area contributed by atoms with Crippen molar-refractivity contribution in [2.24, 2.45) is 0 Å². The number of hydrogen-bond donors (Lipinski definition) is 2. The van der Waals surface area contributed by atoms with Crippen molar-refractivity contribution < 1.29 is 34.0 Å². The topological polar surface area (TPSA) is 94.5 Å². The van der Waals surface area contributed by atoms with E-state index in [-0.39, 0.29) is 12.7 Å². The van der Waals surface area contributed by atoms with Crippen molar-refractivity contribution in [1.29, 1.82) is 0 Å². The molecular formula is C24H24O7. The van der Waals surface area contributed by atoms with Gasteiger partial charge in [0.25, 0.3) is 0 Å². The third kappa shape index (κ3) is 2.70. The van der Waals surface area contributed by atoms with Gasteiger partial charge in [0, 0.05) is 17.5 Å². The van der Waals surface area contributed by atoms with Gasteiger partial charge in [-0.1, -0.05) is 6.58 Å². The van der Waals surface area contributed by atoms with Crippen molar-refractivity contribution in [2.75, 3.05) is 20.8 Å². The second-order valence-electron chi connectivity index (χ2n) is 8.15. The number of carbonyl (C=O) groups is 1. The molecule has 31 heavy (non-hydrogen) atoms. The average molecular weight is 424 g/mol. The molecule has 2 heterocycles. The Balaban J connectivity index is 1.61. The van der Waals surface area contributed by atoms with Crippen molar-refractivity contribution in [3.63, 3.8) is 0 Å². The number of fused-ring (bicyclic) bond motifs is 6. The van der Waals surface area contributed by atoms with E-state index < -0.39 is 17.5 Å². The summed E-state index contributed by atoms with van der Waals surface area (Å²) in [7, 11) is 3.07. The van der Waals surface area contributed by atoms with Crippen LogP contribution in [0.1, 0.15) is 33.5 Å². The molecule has 0 amide bonds. The Hall–Kier alpha value is -3.03. The molecule has 1 aliphatic carbocycles. The molecule has 2 aromatic carbocycles. The molecule has 5 rings (SSSR count). The molecule has 7 heteroatoms. The lowest BCUT2D eigenvalue weighted by atomic mass is 9.71. The van der Waals surface area contributed by atoms with E-state index in [4.69, 9.17) is 18.9 Å². The minimum absolute atomic E-state index is 0.176. The van der Waals surface area contributed by atoms with Crippen molar-refractivity contribution >= 4 is 5.78 Å². The summed E-state index contributed by atoms with van der Waals surface area (Å²) in [5, 5.41) is 21.1. The lowest BCUT2D eigenvalue weighted by Gasteiger charge is -2.44. The maximum atomic E-state index is 13.7. The number of ketones is 1. The van der Waals surface area contributed by atoms with Crippen LogP contribution in [0.3, 0.4) is 0 Å². The van der Waals surface area contributed by atoms with E-state index in [9.17, 15) is 15.0 Å². The Kier molecular flexibility index (Phi) is 4.50. The van der Waals surface area contributed by atoms with Crippen molar-refractivity contribution in [3.05, 3.63) is 58.7 Å². The zero-order valence-electron chi connectivity index (χ0n) is 17.4. The van der Waals surface area contributed by atoms with E-state index in [1.54, 1.807) is 25.3 Å². The number of ether oxygens (including phenoxy) is 4. The number of rotatable bonds is 4. The fraction of sp³-hybridized carbons (Fsp3) is 0.375. The van der Waals surface area contributed by atoms with E-state index in [0.29, 0.717) is 59.0 Å². The molecule has 162 valence electrons. The van der Waals surface area contributed by atoms with Crippen LogP contribution in [0.4, 0.5) is 0 Å². The molecule has 2 aromatic rings. The van der Waals surface area contributed by atoms with Gasteiger partial charge in [0.1, 0.15) is 23.7 Å². The minimum Gasteiger partial charge on any atom is -0.493 e. The van der Waals surface area contributed by atoms with Gasteiger partial charge in [-0.15, -0.1) is 0 Å². The van der Waals surface area contributed by atoms with Gasteiger partial charge in [-0.3, -0.25) is 4.79 Å². The van der Waals surface area contributed by atoms with E-state index in [1.807, 2.05) is 6.07 Å². The summed E-state index contributed by atoms with van der Waals surface area (Å²) < 4.78 is 23.0. The molecule has 7 nitrogen and oxygen atoms in total. The number of methoxy groups -OCH3 is 2. The molecule has 2 N–H and O–H groups in total. The second kappa shape index (κ2) is 7.00. The number of aliphatic hydroxyl groups excluding tert-OH is 1. The normalized spacial score (nSPS) is 25.4. The zero-order valence-corrected chi connectivity index (χ0v) is 17.4. The third-order valence-corrected chi connectivity index (χ3v) is 6.55. The Bertz CT molecular complexity index is 1110. The first-order valence-electron chi connectivity index (χ1n) is 10.2. The highest BCUT2D eigenvalue weighted by molar-refractivity contribution is 6.07. The zero-order chi connectivity index (χ0) is 21.9. The van der Waals surface area contributed by atoms with Crippen LogP contribution in [-0.4, -0.2) is 49.0 Å². The van der Waals surface area contributed by atoms with Gasteiger partial charge >= 0.3 is 0 Å². The molecule has 0 spiro atoms. The average Bonchev–Trinajstić information content (AvgIpc) is 3.23. The van der Waals surface area contributed by atoms with Crippen LogP contribution >= 0.6 is 0 Å². The Morgan fingerprint density at radius 3 is 2.68 bits per heavy atom. The molecule has 0 unspecified atom stereocenters. The highest BCUT2D eigenvalue weighted by Gasteiger charge is 2.55. The van der Waals surface area contributed by atoms with Crippen LogP contribution in [0, 0.1) is 0 Å². The van der Waals surface area contributed by atoms with Crippen LogP contribution in [0.2, 0.25) is 0 Å². The van der Waals surface area contributed by atoms with Crippen LogP contribution < -0.4 is 18.9 Å². The Morgan fingerprint density at radius 2 is 1.97 bits per heavy atom. The second-order valence-corrected chi connectivity index (χ2v) is 8.15. The first-order valence-corrected chi connectivity index (χ1v) is 10.2. The summed E-state index contributed by atoms with van der Waals surface area (Å²) in [6.07, 6.45) is 0.458. The highest BCUT2D eigenvalue weighted by atomic mass is 16.5. The SMILES string of the molecule is C=C(CO)[C@H]1Cc2c(ccc3c2O[C@@H]2CCc4cc(OC)c(OC)cc4[C@]2(O)C3=O)O1. The molecular weight excluding hydrogens is 400 g/mol. The quantitative estimate of drug-likeness (QED) is 0.728. The smallest absolute Gasteiger partial charge is 0.206 e. The summed E-state index contributed by atoms with van der Waals surface area (Å²) in [5.74, 6) is 1.66. The minimum atomic E-state index is -1.82. The number of hydrogen-bond acceptors (Lipinski definition) is 7. The fourth-order valence-corrected chi connectivity index (χ4v) is 4.85. The van der Waals surface area contributed by atoms with Crippen LogP contribution in [-0.2, 0) is 18.4 Å². The molecule has 0 bridgehead atoms. The largest absolute Gasteiger partial charge is 0.493 e. The maximum Gasteiger partial charge on any atom is 0.206 e. The number of aliphatic hydroxyl groups is 2. The number of carbonyl (C=O) groups excluding carboxylic acids is 1. The maximum absolute atomic E-state index is 13.7. The van der Waals surface area contributed by atoms with Crippen molar-refractivity contribution in [1.82, 2.24) is 0 Å². The summed E-state index contributed by atoms with van der Waals surface area (Å²) in [6, 6.07) is 6.82. The number of benzene rings is 2. The molecule has 3 atom stereocenters. The summed E-state index contributed by atoms with van der Waals surface area (Å²) >= 11 is 0. The van der Waals surface area contributed by atoms with Gasteiger partial charge in [-0.2, -0.15) is 0 Å². The van der Waals surface area contributed by atoms with E-state index in [2.05, 4.69) is 6.58 Å². The number of aryl methyl sites for hydroxylation is 1. The van der Waals surface area contributed by atoms with Gasteiger partial charge in [-0.05, 0) is 48.2 Å². The Morgan fingerprint density at radius 1 is 1.23 bits per heavy atom. The van der Waals surface area contributed by atoms with E-state index in [1.165, 1.54) is 7.11 Å². The first kappa shape index (κ1) is 19.9. The molecule has 2 aliphatic heterocycles. The predicted octanol–water partition coefficient (Wildman–Crippen LogP) is 2.33. The predicted molar refractivity (Wildman–Crippen MR) is 111 cm³/mol. The van der Waals surface area contributed by atoms with Crippen molar-refractivity contribution in [2.45, 2.75) is 37.1 Å². The molecule has 0 fully saturated rings. The van der Waals surface area contributed by atoms with Gasteiger partial charge < -0.3 is 29.2 Å². The van der Waals surface area contributed by atoms with E-state index in [0.717, 1.165) is 11.1 Å². The highest BCUT2D eigenvalue weighted by Crippen LogP contribution is 2.51. The van der Waals surface area contributed by atoms with Crippen molar-refractivity contribution in [3.8, 4) is 23.0 Å². The van der Waals surface area contributed by atoms with Crippen LogP contribution in [0.15, 0.2) is 36.4 Å². The van der Waals surface area contributed by atoms with Gasteiger partial charge in [0.05, 0.1) is 26.4 Å². The standard InChI is InChI=1S/C24H24O7/c1-12(11-25)18-9-15-17(30-18)6-5-14-22(15)31-21-7-4-13-8-19(28-2)20(29-3)10-16(13)24(21,27)23(14)26/h5-6,8,10,18,21,25,27H,1,4,7,9,11H2,2-3H3/t18-,21-,24-/m1/s1. The monoisotopic (exact) mass is 424 g/mol. The molecule has 3 aliphatic rings. The summed E-state index contributed by atoms with van der Waals surface area (Å²) in [5.41, 5.74) is 1.16. The summed E-state index contributed by atoms with van der Waals surface area (Å²) in [6.45, 7) is 3.68. The molecule has 0 saturated heterocycles. The number of Topliss-reactive ketones (excluding diaryl/α,β-unsaturated/α-hetero) is 1. The first-order chi connectivity index (χ1) is 14.9. The Labute approximate surface area is 179 Å². The third-order valence-electron chi connectivity index (χ3n) is 6.55. The van der Waals surface area contributed by atoms with Crippen LogP contribution in [0.5, 0.6) is 23.0 Å². The van der Waals surface area contributed by atoms with Gasteiger partial charge in [0.2, 0.25) is 5.78 Å². The van der Waals surface area contributed by atoms with Gasteiger partial charge in [0.15, 0.2) is 17.1 Å². The lowest BCUT2D eigenvalue weighted by molar-refractivity contribution is -0.0604. The van der Waals surface area contributed by atoms with Gasteiger partial charge in [-0.25, -0.2) is 0 Å². The fourth-order valence-electron chi connectivity index (χ4n) is 4.85. The van der Waals surface area contributed by atoms with E-state index >= 15 is 0 Å². The molecule has 0 radical (unpaired) electrons. The molecule has 0 aromatic heterocycles.